The molecule has 8 heteroatoms. The first-order chi connectivity index (χ1) is 17.9. The van der Waals surface area contributed by atoms with Gasteiger partial charge in [-0.15, -0.1) is 0 Å². The number of likely N-dealkylation sites (tertiary alicyclic amines) is 1. The Bertz CT molecular complexity index is 1230. The number of hydrogen-bond acceptors (Lipinski definition) is 7. The fourth-order valence-corrected chi connectivity index (χ4v) is 9.55. The van der Waals surface area contributed by atoms with E-state index in [0.29, 0.717) is 35.6 Å². The number of aromatic nitrogens is 2. The van der Waals surface area contributed by atoms with E-state index in [9.17, 15) is 15.2 Å². The Hall–Kier alpha value is -2.74. The van der Waals surface area contributed by atoms with Crippen molar-refractivity contribution in [3.05, 3.63) is 51.8 Å². The highest BCUT2D eigenvalue weighted by Gasteiger charge is 2.74. The lowest BCUT2D eigenvalue weighted by atomic mass is 9.46. The van der Waals surface area contributed by atoms with Crippen LogP contribution in [0.1, 0.15) is 63.5 Å². The van der Waals surface area contributed by atoms with Crippen LogP contribution in [0.2, 0.25) is 0 Å². The van der Waals surface area contributed by atoms with Crippen LogP contribution >= 0.6 is 0 Å². The predicted octanol–water partition coefficient (Wildman–Crippen LogP) is 4.70. The van der Waals surface area contributed by atoms with Crippen molar-refractivity contribution in [1.29, 1.82) is 0 Å². The maximum atomic E-state index is 11.2. The number of phenols is 1. The van der Waals surface area contributed by atoms with Crippen molar-refractivity contribution in [3.63, 3.8) is 0 Å². The zero-order chi connectivity index (χ0) is 25.5. The fraction of sp³-hybridized carbons (Fsp3) is 0.655. The predicted molar refractivity (Wildman–Crippen MR) is 141 cm³/mol. The smallest absolute Gasteiger partial charge is 0.305 e. The summed E-state index contributed by atoms with van der Waals surface area (Å²) < 4.78 is 0. The van der Waals surface area contributed by atoms with Gasteiger partial charge in [0.1, 0.15) is 18.1 Å². The number of hydrogen-bond donors (Lipinski definition) is 1. The molecule has 3 saturated carbocycles. The summed E-state index contributed by atoms with van der Waals surface area (Å²) in [6, 6.07) is 6.95. The van der Waals surface area contributed by atoms with Gasteiger partial charge in [-0.25, -0.2) is 9.97 Å². The molecule has 37 heavy (non-hydrogen) atoms. The van der Waals surface area contributed by atoms with Gasteiger partial charge in [-0.3, -0.25) is 15.0 Å². The summed E-state index contributed by atoms with van der Waals surface area (Å²) in [7, 11) is 0. The molecule has 1 N–H and O–H groups in total. The molecular weight excluding hydrogens is 466 g/mol. The number of aromatic hydroxyl groups is 1. The van der Waals surface area contributed by atoms with Crippen molar-refractivity contribution in [2.24, 2.45) is 23.2 Å². The van der Waals surface area contributed by atoms with Crippen LogP contribution in [0.25, 0.3) is 0 Å². The van der Waals surface area contributed by atoms with E-state index in [-0.39, 0.29) is 16.5 Å². The van der Waals surface area contributed by atoms with E-state index in [2.05, 4.69) is 45.7 Å². The topological polar surface area (TPSA) is 95.6 Å². The van der Waals surface area contributed by atoms with Crippen molar-refractivity contribution in [2.75, 3.05) is 24.5 Å². The summed E-state index contributed by atoms with van der Waals surface area (Å²) in [5.41, 5.74) is 2.91. The zero-order valence-electron chi connectivity index (χ0n) is 21.8. The van der Waals surface area contributed by atoms with Crippen LogP contribution < -0.4 is 4.90 Å². The van der Waals surface area contributed by atoms with Crippen LogP contribution in [0.3, 0.4) is 0 Å². The van der Waals surface area contributed by atoms with Crippen LogP contribution in [-0.2, 0) is 11.8 Å². The monoisotopic (exact) mass is 503 g/mol. The van der Waals surface area contributed by atoms with Gasteiger partial charge in [-0.2, -0.15) is 0 Å². The van der Waals surface area contributed by atoms with Gasteiger partial charge < -0.3 is 10.0 Å². The van der Waals surface area contributed by atoms with Crippen molar-refractivity contribution < 1.29 is 10.0 Å². The molecule has 1 aromatic heterocycles. The van der Waals surface area contributed by atoms with Crippen LogP contribution in [0.15, 0.2) is 30.6 Å². The van der Waals surface area contributed by atoms with Gasteiger partial charge in [0, 0.05) is 30.6 Å². The standard InChI is InChI=1S/C29H37N5O3/c1-3-20-6-7-23(35)12-24(20)29-10-11-32(16-19-4-5-19)18(2)28(29)9-8-25-26(29)21(13-28)17-33(25)27-30-14-22(15-31-27)34(36)37/h6-7,12,14-15,18-19,21,25-26,35H,3-5,8-11,13,16-17H2,1-2H3/t18?,21-,25?,26?,28?,29?/m1/s1. The van der Waals surface area contributed by atoms with Crippen molar-refractivity contribution in [2.45, 2.75) is 76.3 Å². The second-order valence-corrected chi connectivity index (χ2v) is 12.4. The third-order valence-electron chi connectivity index (χ3n) is 11.1. The second kappa shape index (κ2) is 8.13. The minimum atomic E-state index is -0.433. The number of nitrogens with zero attached hydrogens (tertiary/aromatic N) is 5. The molecule has 2 aliphatic heterocycles. The first-order valence-corrected chi connectivity index (χ1v) is 14.2. The van der Waals surface area contributed by atoms with Crippen molar-refractivity contribution >= 4 is 11.6 Å². The van der Waals surface area contributed by atoms with E-state index in [0.717, 1.165) is 44.7 Å². The quantitative estimate of drug-likeness (QED) is 0.451. The molecular formula is C29H37N5O3. The second-order valence-electron chi connectivity index (χ2n) is 12.4. The Labute approximate surface area is 218 Å². The molecule has 2 aromatic rings. The molecule has 3 aliphatic carbocycles. The molecule has 2 bridgehead atoms. The summed E-state index contributed by atoms with van der Waals surface area (Å²) in [6.45, 7) is 8.00. The average molecular weight is 504 g/mol. The van der Waals surface area contributed by atoms with Gasteiger partial charge in [0.15, 0.2) is 0 Å². The summed E-state index contributed by atoms with van der Waals surface area (Å²) in [5.74, 6) is 2.88. The van der Waals surface area contributed by atoms with Crippen LogP contribution in [0.4, 0.5) is 11.6 Å². The third-order valence-corrected chi connectivity index (χ3v) is 11.1. The average Bonchev–Trinajstić information content (AvgIpc) is 3.60. The molecule has 1 aromatic carbocycles. The van der Waals surface area contributed by atoms with Gasteiger partial charge >= 0.3 is 5.69 Å². The third kappa shape index (κ3) is 3.17. The van der Waals surface area contributed by atoms with E-state index in [1.165, 1.54) is 49.3 Å². The first kappa shape index (κ1) is 23.4. The number of nitro groups is 1. The van der Waals surface area contributed by atoms with Crippen LogP contribution in [0, 0.1) is 33.3 Å². The molecule has 6 atom stereocenters. The lowest BCUT2D eigenvalue weighted by molar-refractivity contribution is -0.385. The molecule has 5 unspecified atom stereocenters. The van der Waals surface area contributed by atoms with E-state index >= 15 is 0 Å². The molecule has 5 aliphatic rings. The molecule has 196 valence electrons. The number of aryl methyl sites for hydroxylation is 1. The van der Waals surface area contributed by atoms with E-state index in [1.807, 2.05) is 6.07 Å². The van der Waals surface area contributed by atoms with Crippen LogP contribution in [0.5, 0.6) is 5.75 Å². The number of piperidine rings is 1. The number of phenolic OH excluding ortho intramolecular Hbond substituents is 1. The summed E-state index contributed by atoms with van der Waals surface area (Å²) in [5, 5.41) is 21.9. The maximum absolute atomic E-state index is 11.2. The summed E-state index contributed by atoms with van der Waals surface area (Å²) in [6.07, 6.45) is 11.0. The van der Waals surface area contributed by atoms with Crippen molar-refractivity contribution in [1.82, 2.24) is 14.9 Å². The molecule has 5 fully saturated rings. The number of benzene rings is 1. The Morgan fingerprint density at radius 3 is 2.68 bits per heavy atom. The summed E-state index contributed by atoms with van der Waals surface area (Å²) in [4.78, 5) is 24.8. The zero-order valence-corrected chi connectivity index (χ0v) is 21.8. The van der Waals surface area contributed by atoms with Crippen molar-refractivity contribution in [3.8, 4) is 5.75 Å². The summed E-state index contributed by atoms with van der Waals surface area (Å²) >= 11 is 0. The normalized spacial score (nSPS) is 36.5. The molecule has 2 saturated heterocycles. The highest BCUT2D eigenvalue weighted by molar-refractivity contribution is 5.50. The Morgan fingerprint density at radius 2 is 1.97 bits per heavy atom. The fourth-order valence-electron chi connectivity index (χ4n) is 9.55. The van der Waals surface area contributed by atoms with Crippen LogP contribution in [-0.4, -0.2) is 56.6 Å². The first-order valence-electron chi connectivity index (χ1n) is 14.2. The van der Waals surface area contributed by atoms with E-state index in [1.54, 1.807) is 0 Å². The Morgan fingerprint density at radius 1 is 1.19 bits per heavy atom. The molecule has 3 heterocycles. The molecule has 0 radical (unpaired) electrons. The molecule has 0 spiro atoms. The van der Waals surface area contributed by atoms with E-state index < -0.39 is 4.92 Å². The number of rotatable bonds is 6. The van der Waals surface area contributed by atoms with E-state index in [4.69, 9.17) is 0 Å². The highest BCUT2D eigenvalue weighted by Crippen LogP contribution is 2.74. The molecule has 7 rings (SSSR count). The van der Waals surface area contributed by atoms with Gasteiger partial charge in [-0.05, 0) is 105 Å². The minimum absolute atomic E-state index is 0.0136. The van der Waals surface area contributed by atoms with Gasteiger partial charge in [0.25, 0.3) is 0 Å². The van der Waals surface area contributed by atoms with Gasteiger partial charge in [0.2, 0.25) is 5.95 Å². The largest absolute Gasteiger partial charge is 0.508 e. The minimum Gasteiger partial charge on any atom is -0.508 e. The lowest BCUT2D eigenvalue weighted by Crippen LogP contribution is -2.66. The van der Waals surface area contributed by atoms with Gasteiger partial charge in [-0.1, -0.05) is 13.0 Å². The highest BCUT2D eigenvalue weighted by atomic mass is 16.6. The molecule has 8 nitrogen and oxygen atoms in total. The molecule has 0 amide bonds. The van der Waals surface area contributed by atoms with Gasteiger partial charge in [0.05, 0.1) is 4.92 Å². The maximum Gasteiger partial charge on any atom is 0.305 e. The lowest BCUT2D eigenvalue weighted by Gasteiger charge is -2.63. The Balaban J connectivity index is 1.34. The number of anilines is 1. The Kier molecular flexibility index (Phi) is 5.14. The SMILES string of the molecule is CCc1ccc(O)cc1C12CCN(CC3CC3)C(C)C13CCC1C2[C@@H](CN1c1ncc([N+](=O)[O-])cn1)C3.